The highest BCUT2D eigenvalue weighted by molar-refractivity contribution is 7.53. The van der Waals surface area contributed by atoms with Crippen LogP contribution in [0, 0.1) is 0 Å². The van der Waals surface area contributed by atoms with E-state index in [1.54, 1.807) is 0 Å². The molecule has 0 aromatic carbocycles. The van der Waals surface area contributed by atoms with Gasteiger partial charge in [0.05, 0.1) is 27.7 Å². The SMILES string of the molecule is CCCCCCCCCCC/C=C\CCCCCCCCCOP(=O)(O)C(CCC)[N+](C)(C)C. The first-order valence-electron chi connectivity index (χ1n) is 14.7. The molecule has 0 fully saturated rings. The molecule has 5 heteroatoms. The highest BCUT2D eigenvalue weighted by Gasteiger charge is 2.41. The van der Waals surface area contributed by atoms with Crippen LogP contribution in [0.5, 0.6) is 0 Å². The Morgan fingerprint density at radius 1 is 0.676 bits per heavy atom. The minimum absolute atomic E-state index is 0.336. The van der Waals surface area contributed by atoms with Crippen molar-refractivity contribution < 1.29 is 18.5 Å². The summed E-state index contributed by atoms with van der Waals surface area (Å²) in [5.74, 6) is -0.336. The molecular weight excluding hydrogens is 441 g/mol. The van der Waals surface area contributed by atoms with Crippen LogP contribution < -0.4 is 0 Å². The number of rotatable bonds is 25. The number of unbranched alkanes of at least 4 members (excludes halogenated alkanes) is 16. The third-order valence-electron chi connectivity index (χ3n) is 6.75. The molecule has 0 spiro atoms. The van der Waals surface area contributed by atoms with Crippen molar-refractivity contribution in [3.05, 3.63) is 12.2 Å². The predicted octanol–water partition coefficient (Wildman–Crippen LogP) is 9.62. The Balaban J connectivity index is 3.50. The van der Waals surface area contributed by atoms with Crippen molar-refractivity contribution in [3.8, 4) is 0 Å². The molecule has 204 valence electrons. The zero-order chi connectivity index (χ0) is 25.5. The molecular formula is C29H61NO3P+. The molecule has 0 amide bonds. The maximum Gasteiger partial charge on any atom is 0.385 e. The van der Waals surface area contributed by atoms with E-state index in [1.165, 1.54) is 103 Å². The van der Waals surface area contributed by atoms with Crippen molar-refractivity contribution in [1.29, 1.82) is 0 Å². The van der Waals surface area contributed by atoms with E-state index in [2.05, 4.69) is 26.0 Å². The molecule has 0 aromatic rings. The van der Waals surface area contributed by atoms with Crippen molar-refractivity contribution in [1.82, 2.24) is 0 Å². The summed E-state index contributed by atoms with van der Waals surface area (Å²) in [7, 11) is 2.35. The highest BCUT2D eigenvalue weighted by Crippen LogP contribution is 2.51. The average Bonchev–Trinajstić information content (AvgIpc) is 2.77. The summed E-state index contributed by atoms with van der Waals surface area (Å²) >= 11 is 0. The molecule has 4 nitrogen and oxygen atoms in total. The van der Waals surface area contributed by atoms with Crippen LogP contribution in [0.25, 0.3) is 0 Å². The summed E-state index contributed by atoms with van der Waals surface area (Å²) < 4.78 is 18.6. The maximum absolute atomic E-state index is 12.7. The standard InChI is InChI=1S/C29H60NO3P/c1-6-8-9-10-11-12-13-14-15-16-17-18-19-20-21-22-23-24-25-26-28-33-34(31,32)29(27-7-2)30(3,4)5/h17-18,29H,6-16,19-28H2,1-5H3/p+1/b18-17-. The monoisotopic (exact) mass is 502 g/mol. The van der Waals surface area contributed by atoms with Gasteiger partial charge in [-0.1, -0.05) is 109 Å². The first-order chi connectivity index (χ1) is 16.3. The van der Waals surface area contributed by atoms with E-state index in [0.29, 0.717) is 17.5 Å². The molecule has 0 aliphatic heterocycles. The average molecular weight is 503 g/mol. The van der Waals surface area contributed by atoms with Gasteiger partial charge in [-0.3, -0.25) is 4.57 Å². The Morgan fingerprint density at radius 3 is 1.50 bits per heavy atom. The number of nitrogens with zero attached hydrogens (tertiary/aromatic N) is 1. The van der Waals surface area contributed by atoms with Crippen molar-refractivity contribution >= 4 is 7.60 Å². The topological polar surface area (TPSA) is 46.5 Å². The molecule has 1 N–H and O–H groups in total. The number of hydrogen-bond donors (Lipinski definition) is 1. The lowest BCUT2D eigenvalue weighted by Crippen LogP contribution is -2.45. The zero-order valence-corrected chi connectivity index (χ0v) is 24.6. The molecule has 0 saturated heterocycles. The largest absolute Gasteiger partial charge is 0.385 e. The molecule has 0 heterocycles. The van der Waals surface area contributed by atoms with Crippen LogP contribution in [-0.2, 0) is 9.09 Å². The van der Waals surface area contributed by atoms with Gasteiger partial charge in [0.1, 0.15) is 0 Å². The quantitative estimate of drug-likeness (QED) is 0.0585. The first-order valence-corrected chi connectivity index (χ1v) is 16.3. The van der Waals surface area contributed by atoms with E-state index in [4.69, 9.17) is 4.52 Å². The maximum atomic E-state index is 12.7. The Morgan fingerprint density at radius 2 is 1.09 bits per heavy atom. The summed E-state index contributed by atoms with van der Waals surface area (Å²) in [6.07, 6.45) is 29.9. The van der Waals surface area contributed by atoms with Gasteiger partial charge >= 0.3 is 7.60 Å². The van der Waals surface area contributed by atoms with Crippen LogP contribution in [0.4, 0.5) is 0 Å². The Hall–Kier alpha value is -0.150. The van der Waals surface area contributed by atoms with Gasteiger partial charge in [0.15, 0.2) is 5.78 Å². The van der Waals surface area contributed by atoms with E-state index in [9.17, 15) is 9.46 Å². The lowest BCUT2D eigenvalue weighted by molar-refractivity contribution is -0.883. The molecule has 0 saturated carbocycles. The van der Waals surface area contributed by atoms with E-state index < -0.39 is 7.60 Å². The fourth-order valence-corrected chi connectivity index (χ4v) is 6.61. The van der Waals surface area contributed by atoms with Crippen LogP contribution >= 0.6 is 7.60 Å². The fourth-order valence-electron chi connectivity index (χ4n) is 4.58. The third kappa shape index (κ3) is 20.1. The smallest absolute Gasteiger partial charge is 0.320 e. The fraction of sp³-hybridized carbons (Fsp3) is 0.931. The Kier molecular flexibility index (Phi) is 22.0. The Labute approximate surface area is 214 Å². The molecule has 34 heavy (non-hydrogen) atoms. The van der Waals surface area contributed by atoms with Crippen LogP contribution in [0.1, 0.15) is 142 Å². The van der Waals surface area contributed by atoms with Crippen molar-refractivity contribution in [2.45, 2.75) is 148 Å². The molecule has 0 aliphatic rings. The molecule has 0 rings (SSSR count). The minimum Gasteiger partial charge on any atom is -0.320 e. The minimum atomic E-state index is -3.57. The van der Waals surface area contributed by atoms with E-state index in [-0.39, 0.29) is 5.78 Å². The van der Waals surface area contributed by atoms with Crippen molar-refractivity contribution in [3.63, 3.8) is 0 Å². The molecule has 0 aromatic heterocycles. The lowest BCUT2D eigenvalue weighted by atomic mass is 10.1. The normalized spacial score (nSPS) is 15.1. The summed E-state index contributed by atoms with van der Waals surface area (Å²) in [5, 5.41) is 0. The van der Waals surface area contributed by atoms with Gasteiger partial charge in [-0.2, -0.15) is 0 Å². The van der Waals surface area contributed by atoms with Gasteiger partial charge in [-0.15, -0.1) is 0 Å². The van der Waals surface area contributed by atoms with E-state index in [0.717, 1.165) is 19.3 Å². The lowest BCUT2D eigenvalue weighted by Gasteiger charge is -2.35. The van der Waals surface area contributed by atoms with Crippen LogP contribution in [0.3, 0.4) is 0 Å². The number of allylic oxidation sites excluding steroid dienone is 2. The summed E-state index contributed by atoms with van der Waals surface area (Å²) in [6.45, 7) is 4.74. The summed E-state index contributed by atoms with van der Waals surface area (Å²) in [5.41, 5.74) is 0. The van der Waals surface area contributed by atoms with Gasteiger partial charge in [0.2, 0.25) is 0 Å². The predicted molar refractivity (Wildman–Crippen MR) is 150 cm³/mol. The number of hydrogen-bond acceptors (Lipinski definition) is 2. The first kappa shape index (κ1) is 33.8. The second-order valence-electron chi connectivity index (χ2n) is 11.1. The van der Waals surface area contributed by atoms with Gasteiger partial charge in [-0.25, -0.2) is 0 Å². The summed E-state index contributed by atoms with van der Waals surface area (Å²) in [4.78, 5) is 10.4. The van der Waals surface area contributed by atoms with Crippen LogP contribution in [-0.4, -0.2) is 42.9 Å². The van der Waals surface area contributed by atoms with Crippen LogP contribution in [0.2, 0.25) is 0 Å². The van der Waals surface area contributed by atoms with Gasteiger partial charge in [0.25, 0.3) is 0 Å². The van der Waals surface area contributed by atoms with Crippen molar-refractivity contribution in [2.75, 3.05) is 27.7 Å². The van der Waals surface area contributed by atoms with Gasteiger partial charge in [-0.05, 0) is 38.5 Å². The number of quaternary nitrogens is 1. The molecule has 2 atom stereocenters. The molecule has 0 radical (unpaired) electrons. The third-order valence-corrected chi connectivity index (χ3v) is 9.01. The highest BCUT2D eigenvalue weighted by atomic mass is 31.2. The molecule has 0 aliphatic carbocycles. The second kappa shape index (κ2) is 22.1. The molecule has 0 bridgehead atoms. The Bertz CT molecular complexity index is 516. The van der Waals surface area contributed by atoms with Gasteiger partial charge < -0.3 is 13.9 Å². The van der Waals surface area contributed by atoms with Crippen LogP contribution in [0.15, 0.2) is 12.2 Å². The van der Waals surface area contributed by atoms with E-state index >= 15 is 0 Å². The molecule has 2 unspecified atom stereocenters. The second-order valence-corrected chi connectivity index (χ2v) is 13.1. The van der Waals surface area contributed by atoms with E-state index in [1.807, 2.05) is 21.1 Å². The summed E-state index contributed by atoms with van der Waals surface area (Å²) in [6, 6.07) is 0. The van der Waals surface area contributed by atoms with Crippen molar-refractivity contribution in [2.24, 2.45) is 0 Å². The van der Waals surface area contributed by atoms with Gasteiger partial charge in [0, 0.05) is 6.42 Å². The zero-order valence-electron chi connectivity index (χ0n) is 23.7.